The van der Waals surface area contributed by atoms with Gasteiger partial charge >= 0.3 is 0 Å². The van der Waals surface area contributed by atoms with Crippen molar-refractivity contribution in [2.75, 3.05) is 6.54 Å². The highest BCUT2D eigenvalue weighted by Gasteiger charge is 2.07. The molecule has 0 radical (unpaired) electrons. The van der Waals surface area contributed by atoms with Crippen molar-refractivity contribution in [3.63, 3.8) is 0 Å². The average molecular weight is 231 g/mol. The fraction of sp³-hybridized carbons (Fsp3) is 0.385. The Morgan fingerprint density at radius 3 is 2.88 bits per heavy atom. The lowest BCUT2D eigenvalue weighted by Crippen LogP contribution is -2.23. The Bertz CT molecular complexity index is 601. The number of fused-ring (bicyclic) bond motifs is 1. The van der Waals surface area contributed by atoms with Crippen LogP contribution < -0.4 is 11.3 Å². The van der Waals surface area contributed by atoms with Gasteiger partial charge in [0, 0.05) is 13.5 Å². The van der Waals surface area contributed by atoms with Crippen LogP contribution >= 0.6 is 0 Å². The minimum atomic E-state index is 0.0158. The van der Waals surface area contributed by atoms with E-state index in [0.29, 0.717) is 11.9 Å². The molecule has 17 heavy (non-hydrogen) atoms. The second-order valence-electron chi connectivity index (χ2n) is 4.31. The molecule has 2 rings (SSSR count). The maximum Gasteiger partial charge on any atom is 0.261 e. The van der Waals surface area contributed by atoms with Gasteiger partial charge in [-0.1, -0.05) is 6.07 Å². The Kier molecular flexibility index (Phi) is 3.24. The average Bonchev–Trinajstić information content (AvgIpc) is 2.31. The second-order valence-corrected chi connectivity index (χ2v) is 4.31. The van der Waals surface area contributed by atoms with E-state index >= 15 is 0 Å². The summed E-state index contributed by atoms with van der Waals surface area (Å²) in [5, 5.41) is 0.676. The molecule has 0 aliphatic heterocycles. The fourth-order valence-electron chi connectivity index (χ4n) is 1.91. The van der Waals surface area contributed by atoms with E-state index in [0.717, 1.165) is 29.7 Å². The van der Waals surface area contributed by atoms with Crippen LogP contribution in [-0.2, 0) is 13.5 Å². The van der Waals surface area contributed by atoms with Gasteiger partial charge in [-0.15, -0.1) is 0 Å². The molecule has 1 heterocycles. The molecule has 0 atom stereocenters. The van der Waals surface area contributed by atoms with Crippen LogP contribution in [-0.4, -0.2) is 16.1 Å². The maximum atomic E-state index is 12.1. The maximum absolute atomic E-state index is 12.1. The first kappa shape index (κ1) is 11.8. The molecular formula is C13H17N3O. The summed E-state index contributed by atoms with van der Waals surface area (Å²) in [6, 6.07) is 5.72. The van der Waals surface area contributed by atoms with Crippen molar-refractivity contribution in [2.24, 2.45) is 12.8 Å². The molecule has 90 valence electrons. The first-order valence-electron chi connectivity index (χ1n) is 5.80. The topological polar surface area (TPSA) is 60.9 Å². The molecule has 0 saturated carbocycles. The minimum absolute atomic E-state index is 0.0158. The normalized spacial score (nSPS) is 11.0. The summed E-state index contributed by atoms with van der Waals surface area (Å²) in [4.78, 5) is 16.7. The van der Waals surface area contributed by atoms with Gasteiger partial charge in [-0.2, -0.15) is 0 Å². The number of hydrogen-bond donors (Lipinski definition) is 1. The van der Waals surface area contributed by atoms with Crippen molar-refractivity contribution in [1.29, 1.82) is 0 Å². The third kappa shape index (κ3) is 2.22. The van der Waals surface area contributed by atoms with Crippen LogP contribution in [0.15, 0.2) is 23.0 Å². The molecule has 2 aromatic rings. The summed E-state index contributed by atoms with van der Waals surface area (Å²) >= 11 is 0. The van der Waals surface area contributed by atoms with Crippen LogP contribution in [0.25, 0.3) is 10.9 Å². The molecule has 0 aliphatic carbocycles. The van der Waals surface area contributed by atoms with Crippen LogP contribution in [0.1, 0.15) is 17.8 Å². The van der Waals surface area contributed by atoms with Crippen molar-refractivity contribution in [3.8, 4) is 0 Å². The van der Waals surface area contributed by atoms with Crippen molar-refractivity contribution < 1.29 is 0 Å². The molecule has 1 aromatic heterocycles. The van der Waals surface area contributed by atoms with E-state index in [4.69, 9.17) is 5.73 Å². The molecule has 4 nitrogen and oxygen atoms in total. The van der Waals surface area contributed by atoms with Crippen molar-refractivity contribution in [3.05, 3.63) is 39.9 Å². The largest absolute Gasteiger partial charge is 0.330 e. The molecule has 0 saturated heterocycles. The van der Waals surface area contributed by atoms with Gasteiger partial charge in [0.15, 0.2) is 0 Å². The molecule has 2 N–H and O–H groups in total. The van der Waals surface area contributed by atoms with E-state index in [1.165, 1.54) is 0 Å². The van der Waals surface area contributed by atoms with Gasteiger partial charge in [-0.25, -0.2) is 4.98 Å². The Hall–Kier alpha value is -1.68. The zero-order valence-corrected chi connectivity index (χ0v) is 10.2. The van der Waals surface area contributed by atoms with Gasteiger partial charge in [-0.05, 0) is 37.6 Å². The number of benzene rings is 1. The summed E-state index contributed by atoms with van der Waals surface area (Å²) in [5.41, 5.74) is 7.39. The first-order chi connectivity index (χ1) is 8.13. The lowest BCUT2D eigenvalue weighted by atomic mass is 10.1. The highest BCUT2D eigenvalue weighted by atomic mass is 16.1. The molecule has 0 spiro atoms. The van der Waals surface area contributed by atoms with Crippen LogP contribution in [0.4, 0.5) is 0 Å². The molecule has 0 unspecified atom stereocenters. The van der Waals surface area contributed by atoms with Gasteiger partial charge in [0.1, 0.15) is 5.82 Å². The fourth-order valence-corrected chi connectivity index (χ4v) is 1.91. The van der Waals surface area contributed by atoms with Gasteiger partial charge in [-0.3, -0.25) is 9.36 Å². The number of rotatable bonds is 3. The van der Waals surface area contributed by atoms with Crippen LogP contribution in [0, 0.1) is 6.92 Å². The molecule has 0 amide bonds. The van der Waals surface area contributed by atoms with Crippen LogP contribution in [0.2, 0.25) is 0 Å². The summed E-state index contributed by atoms with van der Waals surface area (Å²) in [7, 11) is 1.76. The van der Waals surface area contributed by atoms with Crippen molar-refractivity contribution in [2.45, 2.75) is 19.8 Å². The van der Waals surface area contributed by atoms with E-state index in [1.807, 2.05) is 25.1 Å². The van der Waals surface area contributed by atoms with Gasteiger partial charge in [0.2, 0.25) is 0 Å². The number of nitrogens with two attached hydrogens (primary N) is 1. The highest BCUT2D eigenvalue weighted by molar-refractivity contribution is 5.78. The third-order valence-corrected chi connectivity index (χ3v) is 2.93. The Balaban J connectivity index is 2.63. The van der Waals surface area contributed by atoms with E-state index in [-0.39, 0.29) is 5.56 Å². The summed E-state index contributed by atoms with van der Waals surface area (Å²) in [6.45, 7) is 2.61. The Morgan fingerprint density at radius 1 is 1.41 bits per heavy atom. The quantitative estimate of drug-likeness (QED) is 0.861. The molecular weight excluding hydrogens is 214 g/mol. The van der Waals surface area contributed by atoms with Gasteiger partial charge in [0.05, 0.1) is 10.9 Å². The number of nitrogens with zero attached hydrogens (tertiary/aromatic N) is 2. The zero-order chi connectivity index (χ0) is 12.4. The molecule has 0 aliphatic rings. The van der Waals surface area contributed by atoms with E-state index in [1.54, 1.807) is 11.6 Å². The molecule has 0 bridgehead atoms. The Morgan fingerprint density at radius 2 is 2.18 bits per heavy atom. The molecule has 0 fully saturated rings. The predicted octanol–water partition coefficient (Wildman–Crippen LogP) is 1.13. The predicted molar refractivity (Wildman–Crippen MR) is 69.1 cm³/mol. The first-order valence-corrected chi connectivity index (χ1v) is 5.80. The number of aryl methyl sites for hydroxylation is 2. The molecule has 1 aromatic carbocycles. The van der Waals surface area contributed by atoms with Crippen molar-refractivity contribution in [1.82, 2.24) is 9.55 Å². The lowest BCUT2D eigenvalue weighted by molar-refractivity contribution is 0.698. The lowest BCUT2D eigenvalue weighted by Gasteiger charge is -2.08. The monoisotopic (exact) mass is 231 g/mol. The third-order valence-electron chi connectivity index (χ3n) is 2.93. The summed E-state index contributed by atoms with van der Waals surface area (Å²) in [6.07, 6.45) is 1.59. The molecule has 4 heteroatoms. The van der Waals surface area contributed by atoms with Crippen molar-refractivity contribution >= 4 is 10.9 Å². The summed E-state index contributed by atoms with van der Waals surface area (Å²) in [5.74, 6) is 0.804. The van der Waals surface area contributed by atoms with E-state index in [9.17, 15) is 4.79 Å². The number of aromatic nitrogens is 2. The minimum Gasteiger partial charge on any atom is -0.330 e. The van der Waals surface area contributed by atoms with Crippen LogP contribution in [0.5, 0.6) is 0 Å². The number of hydrogen-bond acceptors (Lipinski definition) is 3. The van der Waals surface area contributed by atoms with Gasteiger partial charge in [0.25, 0.3) is 5.56 Å². The standard InChI is InChI=1S/C13H17N3O/c1-9-5-6-10-11(8-9)15-12(4-3-7-14)16(2)13(10)17/h5-6,8H,3-4,7,14H2,1-2H3. The zero-order valence-electron chi connectivity index (χ0n) is 10.2. The Labute approximate surface area is 100 Å². The van der Waals surface area contributed by atoms with Crippen LogP contribution in [0.3, 0.4) is 0 Å². The highest BCUT2D eigenvalue weighted by Crippen LogP contribution is 2.11. The summed E-state index contributed by atoms with van der Waals surface area (Å²) < 4.78 is 1.62. The van der Waals surface area contributed by atoms with E-state index < -0.39 is 0 Å². The smallest absolute Gasteiger partial charge is 0.261 e. The second kappa shape index (κ2) is 4.67. The van der Waals surface area contributed by atoms with Gasteiger partial charge < -0.3 is 5.73 Å². The van der Waals surface area contributed by atoms with E-state index in [2.05, 4.69) is 4.98 Å². The SMILES string of the molecule is Cc1ccc2c(=O)n(C)c(CCCN)nc2c1.